The third-order valence-electron chi connectivity index (χ3n) is 3.76. The van der Waals surface area contributed by atoms with Gasteiger partial charge in [-0.25, -0.2) is 0 Å². The first-order valence-corrected chi connectivity index (χ1v) is 7.06. The summed E-state index contributed by atoms with van der Waals surface area (Å²) in [6, 6.07) is 3.98. The smallest absolute Gasteiger partial charge is 0.275 e. The van der Waals surface area contributed by atoms with Crippen LogP contribution in [0.1, 0.15) is 23.5 Å². The molecule has 0 aliphatic carbocycles. The van der Waals surface area contributed by atoms with Gasteiger partial charge in [-0.15, -0.1) is 0 Å². The summed E-state index contributed by atoms with van der Waals surface area (Å²) in [6.45, 7) is -0.548. The Morgan fingerprint density at radius 3 is 2.42 bits per heavy atom. The second-order valence-electron chi connectivity index (χ2n) is 5.21. The molecule has 0 radical (unpaired) electrons. The van der Waals surface area contributed by atoms with Crippen LogP contribution in [0.15, 0.2) is 30.4 Å². The van der Waals surface area contributed by atoms with Gasteiger partial charge in [0.1, 0.15) is 0 Å². The van der Waals surface area contributed by atoms with Crippen molar-refractivity contribution in [3.8, 4) is 0 Å². The van der Waals surface area contributed by atoms with Crippen molar-refractivity contribution in [2.24, 2.45) is 5.73 Å². The van der Waals surface area contributed by atoms with E-state index in [1.165, 1.54) is 18.2 Å². The van der Waals surface area contributed by atoms with Crippen LogP contribution in [-0.2, 0) is 21.0 Å². The van der Waals surface area contributed by atoms with Gasteiger partial charge >= 0.3 is 0 Å². The number of amides is 3. The van der Waals surface area contributed by atoms with Crippen LogP contribution in [-0.4, -0.2) is 39.2 Å². The van der Waals surface area contributed by atoms with Gasteiger partial charge < -0.3 is 10.8 Å². The molecule has 3 amide bonds. The molecule has 0 fully saturated rings. The Bertz CT molecular complexity index is 725. The highest BCUT2D eigenvalue weighted by Gasteiger charge is 2.27. The zero-order valence-corrected chi connectivity index (χ0v) is 12.5. The number of nitrogens with zero attached hydrogens (tertiary/aromatic N) is 2. The summed E-state index contributed by atoms with van der Waals surface area (Å²) >= 11 is 0. The van der Waals surface area contributed by atoms with Crippen molar-refractivity contribution in [2.75, 3.05) is 6.54 Å². The minimum Gasteiger partial charge on any atom is -0.391 e. The van der Waals surface area contributed by atoms with E-state index in [4.69, 9.17) is 10.8 Å². The SMILES string of the molecule is NC(=O)C(CCN1C(=O)C=CC1=O)c1ccc(CO)c([N+](=O)[O-])c1. The normalized spacial score (nSPS) is 15.0. The maximum absolute atomic E-state index is 11.7. The largest absolute Gasteiger partial charge is 0.391 e. The first kappa shape index (κ1) is 17.3. The molecule has 24 heavy (non-hydrogen) atoms. The van der Waals surface area contributed by atoms with E-state index in [1.807, 2.05) is 0 Å². The monoisotopic (exact) mass is 333 g/mol. The number of aliphatic hydroxyl groups is 1. The van der Waals surface area contributed by atoms with Gasteiger partial charge in [0.25, 0.3) is 17.5 Å². The van der Waals surface area contributed by atoms with Crippen LogP contribution in [0, 0.1) is 10.1 Å². The van der Waals surface area contributed by atoms with Gasteiger partial charge in [-0.3, -0.25) is 29.4 Å². The highest BCUT2D eigenvalue weighted by Crippen LogP contribution is 2.27. The van der Waals surface area contributed by atoms with Gasteiger partial charge in [-0.05, 0) is 18.1 Å². The van der Waals surface area contributed by atoms with Crippen LogP contribution in [0.3, 0.4) is 0 Å². The molecule has 9 heteroatoms. The van der Waals surface area contributed by atoms with Gasteiger partial charge in [-0.2, -0.15) is 0 Å². The Balaban J connectivity index is 2.23. The van der Waals surface area contributed by atoms with E-state index in [2.05, 4.69) is 0 Å². The summed E-state index contributed by atoms with van der Waals surface area (Å²) < 4.78 is 0. The molecule has 3 N–H and O–H groups in total. The maximum Gasteiger partial charge on any atom is 0.275 e. The average Bonchev–Trinajstić information content (AvgIpc) is 2.86. The Morgan fingerprint density at radius 2 is 1.92 bits per heavy atom. The molecule has 1 aromatic carbocycles. The van der Waals surface area contributed by atoms with Gasteiger partial charge in [0.15, 0.2) is 0 Å². The predicted octanol–water partition coefficient (Wildman–Crippen LogP) is -0.0289. The molecular formula is C15H15N3O6. The molecule has 0 saturated heterocycles. The molecule has 1 heterocycles. The summed E-state index contributed by atoms with van der Waals surface area (Å²) in [6.07, 6.45) is 2.30. The topological polar surface area (TPSA) is 144 Å². The van der Waals surface area contributed by atoms with Crippen LogP contribution >= 0.6 is 0 Å². The van der Waals surface area contributed by atoms with Crippen molar-refractivity contribution in [3.63, 3.8) is 0 Å². The van der Waals surface area contributed by atoms with E-state index in [0.29, 0.717) is 5.56 Å². The second kappa shape index (κ2) is 7.01. The van der Waals surface area contributed by atoms with E-state index in [1.54, 1.807) is 0 Å². The molecule has 0 spiro atoms. The number of nitrogens with two attached hydrogens (primary N) is 1. The molecule has 2 rings (SSSR count). The molecule has 1 aromatic rings. The number of nitro benzene ring substituents is 1. The van der Waals surface area contributed by atoms with Crippen molar-refractivity contribution >= 4 is 23.4 Å². The average molecular weight is 333 g/mol. The highest BCUT2D eigenvalue weighted by molar-refractivity contribution is 6.12. The van der Waals surface area contributed by atoms with Crippen molar-refractivity contribution in [3.05, 3.63) is 51.6 Å². The molecule has 1 unspecified atom stereocenters. The molecule has 1 atom stereocenters. The number of rotatable bonds is 7. The van der Waals surface area contributed by atoms with Crippen LogP contribution < -0.4 is 5.73 Å². The number of carbonyl (C=O) groups excluding carboxylic acids is 3. The molecule has 9 nitrogen and oxygen atoms in total. The summed E-state index contributed by atoms with van der Waals surface area (Å²) in [5.41, 5.74) is 5.44. The minimum atomic E-state index is -0.905. The minimum absolute atomic E-state index is 0.0339. The zero-order chi connectivity index (χ0) is 17.9. The molecule has 126 valence electrons. The van der Waals surface area contributed by atoms with Crippen LogP contribution in [0.25, 0.3) is 0 Å². The predicted molar refractivity (Wildman–Crippen MR) is 81.4 cm³/mol. The first-order chi connectivity index (χ1) is 11.3. The fraction of sp³-hybridized carbons (Fsp3) is 0.267. The summed E-state index contributed by atoms with van der Waals surface area (Å²) in [5, 5.41) is 20.2. The van der Waals surface area contributed by atoms with Crippen molar-refractivity contribution in [1.82, 2.24) is 4.90 Å². The van der Waals surface area contributed by atoms with Crippen molar-refractivity contribution in [1.29, 1.82) is 0 Å². The number of aliphatic hydroxyl groups excluding tert-OH is 1. The van der Waals surface area contributed by atoms with E-state index in [-0.39, 0.29) is 24.2 Å². The second-order valence-corrected chi connectivity index (χ2v) is 5.21. The maximum atomic E-state index is 11.7. The Hall–Kier alpha value is -3.07. The standard InChI is InChI=1S/C15H15N3O6/c16-15(22)11(5-6-17-13(20)3-4-14(17)21)9-1-2-10(8-19)12(7-9)18(23)24/h1-4,7,11,19H,5-6,8H2,(H2,16,22). The molecule has 1 aliphatic heterocycles. The molecule has 0 saturated carbocycles. The van der Waals surface area contributed by atoms with Gasteiger partial charge in [0, 0.05) is 24.8 Å². The number of carbonyl (C=O) groups is 3. The summed E-state index contributed by atoms with van der Waals surface area (Å²) in [7, 11) is 0. The fourth-order valence-corrected chi connectivity index (χ4v) is 2.48. The molecular weight excluding hydrogens is 318 g/mol. The number of hydrogen-bond donors (Lipinski definition) is 2. The molecule has 0 bridgehead atoms. The third-order valence-corrected chi connectivity index (χ3v) is 3.76. The third kappa shape index (κ3) is 3.46. The summed E-state index contributed by atoms with van der Waals surface area (Å²) in [5.74, 6) is -2.60. The lowest BCUT2D eigenvalue weighted by molar-refractivity contribution is -0.385. The number of primary amides is 1. The van der Waals surface area contributed by atoms with Gasteiger partial charge in [-0.1, -0.05) is 6.07 Å². The Labute approximate surface area is 136 Å². The van der Waals surface area contributed by atoms with Crippen LogP contribution in [0.2, 0.25) is 0 Å². The fourth-order valence-electron chi connectivity index (χ4n) is 2.48. The van der Waals surface area contributed by atoms with E-state index in [0.717, 1.165) is 17.1 Å². The van der Waals surface area contributed by atoms with Crippen molar-refractivity contribution in [2.45, 2.75) is 18.9 Å². The quantitative estimate of drug-likeness (QED) is 0.407. The number of benzene rings is 1. The lowest BCUT2D eigenvalue weighted by Crippen LogP contribution is -2.33. The lowest BCUT2D eigenvalue weighted by Gasteiger charge is -2.18. The number of imide groups is 1. The lowest BCUT2D eigenvalue weighted by atomic mass is 9.93. The Kier molecular flexibility index (Phi) is 5.05. The van der Waals surface area contributed by atoms with E-state index in [9.17, 15) is 24.5 Å². The molecule has 1 aliphatic rings. The Morgan fingerprint density at radius 1 is 1.29 bits per heavy atom. The first-order valence-electron chi connectivity index (χ1n) is 7.06. The summed E-state index contributed by atoms with van der Waals surface area (Å²) in [4.78, 5) is 46.1. The van der Waals surface area contributed by atoms with Gasteiger partial charge in [0.05, 0.1) is 23.0 Å². The number of nitro groups is 1. The number of hydrogen-bond acceptors (Lipinski definition) is 6. The van der Waals surface area contributed by atoms with Crippen molar-refractivity contribution < 1.29 is 24.4 Å². The zero-order valence-electron chi connectivity index (χ0n) is 12.5. The molecule has 0 aromatic heterocycles. The van der Waals surface area contributed by atoms with E-state index >= 15 is 0 Å². The highest BCUT2D eigenvalue weighted by atomic mass is 16.6. The van der Waals surface area contributed by atoms with Crippen LogP contribution in [0.4, 0.5) is 5.69 Å². The van der Waals surface area contributed by atoms with Crippen LogP contribution in [0.5, 0.6) is 0 Å². The van der Waals surface area contributed by atoms with E-state index < -0.39 is 35.2 Å². The van der Waals surface area contributed by atoms with Gasteiger partial charge in [0.2, 0.25) is 5.91 Å².